The lowest BCUT2D eigenvalue weighted by Crippen LogP contribution is -2.49. The molecule has 27 heavy (non-hydrogen) atoms. The number of alkyl halides is 3. The minimum atomic E-state index is -4.25. The number of anilines is 1. The average molecular weight is 381 g/mol. The number of rotatable bonds is 4. The number of carbonyl (C=O) groups is 1. The van der Waals surface area contributed by atoms with Crippen molar-refractivity contribution in [2.24, 2.45) is 0 Å². The van der Waals surface area contributed by atoms with Crippen molar-refractivity contribution >= 4 is 11.6 Å². The summed E-state index contributed by atoms with van der Waals surface area (Å²) in [4.78, 5) is 19.8. The number of nitrogens with zero attached hydrogens (tertiary/aromatic N) is 3. The van der Waals surface area contributed by atoms with Crippen LogP contribution in [0.25, 0.3) is 0 Å². The number of aromatic nitrogens is 1. The van der Waals surface area contributed by atoms with Crippen LogP contribution in [0.15, 0.2) is 48.8 Å². The molecule has 1 aliphatic heterocycles. The molecule has 4 nitrogen and oxygen atoms in total. The number of hydrogen-bond acceptors (Lipinski definition) is 3. The molecule has 2 heterocycles. The van der Waals surface area contributed by atoms with Gasteiger partial charge in [-0.1, -0.05) is 6.07 Å². The number of carbonyl (C=O) groups excluding carboxylic acids is 1. The molecule has 3 rings (SSSR count). The molecule has 0 unspecified atom stereocenters. The summed E-state index contributed by atoms with van der Waals surface area (Å²) in [6, 6.07) is 8.60. The van der Waals surface area contributed by atoms with Crippen molar-refractivity contribution in [3.05, 3.63) is 60.2 Å². The van der Waals surface area contributed by atoms with Gasteiger partial charge < -0.3 is 4.90 Å². The lowest BCUT2D eigenvalue weighted by molar-refractivity contribution is -0.147. The molecule has 0 saturated carbocycles. The van der Waals surface area contributed by atoms with Gasteiger partial charge in [-0.3, -0.25) is 14.7 Å². The highest BCUT2D eigenvalue weighted by atomic mass is 19.4. The minimum absolute atomic E-state index is 0.219. The lowest BCUT2D eigenvalue weighted by atomic mass is 10.0. The van der Waals surface area contributed by atoms with Gasteiger partial charge in [0.05, 0.1) is 12.1 Å². The average Bonchev–Trinajstić information content (AvgIpc) is 2.63. The van der Waals surface area contributed by atoms with E-state index in [0.717, 1.165) is 0 Å². The zero-order valence-electron chi connectivity index (χ0n) is 14.5. The fourth-order valence-corrected chi connectivity index (χ4v) is 3.34. The molecule has 2 aromatic rings. The van der Waals surface area contributed by atoms with Gasteiger partial charge in [0.2, 0.25) is 0 Å². The van der Waals surface area contributed by atoms with E-state index in [9.17, 15) is 22.4 Å². The predicted molar refractivity (Wildman–Crippen MR) is 93.0 cm³/mol. The van der Waals surface area contributed by atoms with Crippen molar-refractivity contribution < 1.29 is 22.4 Å². The van der Waals surface area contributed by atoms with E-state index in [1.807, 2.05) is 0 Å². The van der Waals surface area contributed by atoms with Crippen molar-refractivity contribution in [1.82, 2.24) is 9.88 Å². The van der Waals surface area contributed by atoms with Gasteiger partial charge in [-0.15, -0.1) is 0 Å². The third kappa shape index (κ3) is 5.03. The van der Waals surface area contributed by atoms with Gasteiger partial charge in [-0.05, 0) is 43.2 Å². The summed E-state index contributed by atoms with van der Waals surface area (Å²) < 4.78 is 51.5. The molecular weight excluding hydrogens is 362 g/mol. The van der Waals surface area contributed by atoms with Crippen molar-refractivity contribution in [2.75, 3.05) is 24.5 Å². The number of hydrogen-bond donors (Lipinski definition) is 0. The zero-order chi connectivity index (χ0) is 19.4. The first-order valence-electron chi connectivity index (χ1n) is 8.62. The fraction of sp³-hybridized carbons (Fsp3) is 0.368. The van der Waals surface area contributed by atoms with Gasteiger partial charge in [0.1, 0.15) is 5.82 Å². The Labute approximate surface area is 154 Å². The van der Waals surface area contributed by atoms with Crippen LogP contribution in [0.1, 0.15) is 23.2 Å². The highest BCUT2D eigenvalue weighted by molar-refractivity contribution is 6.06. The fourth-order valence-electron chi connectivity index (χ4n) is 3.34. The van der Waals surface area contributed by atoms with Crippen LogP contribution in [0.5, 0.6) is 0 Å². The first-order chi connectivity index (χ1) is 12.8. The van der Waals surface area contributed by atoms with E-state index in [0.29, 0.717) is 24.1 Å². The highest BCUT2D eigenvalue weighted by Crippen LogP contribution is 2.27. The van der Waals surface area contributed by atoms with Crippen LogP contribution in [0.4, 0.5) is 23.2 Å². The van der Waals surface area contributed by atoms with E-state index in [2.05, 4.69) is 4.98 Å². The Morgan fingerprint density at radius 1 is 1.19 bits per heavy atom. The Hall–Kier alpha value is -2.48. The van der Waals surface area contributed by atoms with Gasteiger partial charge in [0.15, 0.2) is 0 Å². The first kappa shape index (κ1) is 19.3. The van der Waals surface area contributed by atoms with Crippen LogP contribution in [0.3, 0.4) is 0 Å². The Morgan fingerprint density at radius 2 is 1.93 bits per heavy atom. The van der Waals surface area contributed by atoms with Crippen LogP contribution < -0.4 is 4.90 Å². The normalized spacial score (nSPS) is 16.3. The predicted octanol–water partition coefficient (Wildman–Crippen LogP) is 3.89. The summed E-state index contributed by atoms with van der Waals surface area (Å²) in [6.45, 7) is -0.525. The minimum Gasteiger partial charge on any atom is -0.305 e. The SMILES string of the molecule is O=C(c1cccnc1)N(c1cccc(F)c1)C1CCN(CC(F)(F)F)CC1. The van der Waals surface area contributed by atoms with Gasteiger partial charge in [-0.2, -0.15) is 13.2 Å². The van der Waals surface area contributed by atoms with E-state index in [-0.39, 0.29) is 25.0 Å². The van der Waals surface area contributed by atoms with Crippen LogP contribution in [0.2, 0.25) is 0 Å². The number of pyridine rings is 1. The van der Waals surface area contributed by atoms with Gasteiger partial charge >= 0.3 is 6.18 Å². The summed E-state index contributed by atoms with van der Waals surface area (Å²) in [5.41, 5.74) is 0.734. The maximum absolute atomic E-state index is 13.7. The van der Waals surface area contributed by atoms with E-state index in [4.69, 9.17) is 0 Å². The molecular formula is C19H19F4N3O. The quantitative estimate of drug-likeness (QED) is 0.754. The summed E-state index contributed by atoms with van der Waals surface area (Å²) >= 11 is 0. The smallest absolute Gasteiger partial charge is 0.305 e. The molecule has 0 bridgehead atoms. The standard InChI is InChI=1S/C19H19F4N3O/c20-15-4-1-5-17(11-15)26(18(27)14-3-2-8-24-12-14)16-6-9-25(10-7-16)13-19(21,22)23/h1-5,8,11-12,16H,6-7,9-10,13H2. The Kier molecular flexibility index (Phi) is 5.74. The first-order valence-corrected chi connectivity index (χ1v) is 8.62. The number of amides is 1. The molecule has 1 aromatic carbocycles. The monoisotopic (exact) mass is 381 g/mol. The molecule has 1 aromatic heterocycles. The van der Waals surface area contributed by atoms with Crippen LogP contribution in [-0.2, 0) is 0 Å². The Morgan fingerprint density at radius 3 is 2.52 bits per heavy atom. The maximum atomic E-state index is 13.7. The maximum Gasteiger partial charge on any atom is 0.401 e. The van der Waals surface area contributed by atoms with E-state index < -0.39 is 18.5 Å². The molecule has 1 saturated heterocycles. The summed E-state index contributed by atoms with van der Waals surface area (Å²) in [7, 11) is 0. The molecule has 1 aliphatic rings. The molecule has 8 heteroatoms. The van der Waals surface area contributed by atoms with Crippen LogP contribution in [0, 0.1) is 5.82 Å². The molecule has 1 fully saturated rings. The van der Waals surface area contributed by atoms with E-state index in [1.165, 1.54) is 34.2 Å². The topological polar surface area (TPSA) is 36.4 Å². The van der Waals surface area contributed by atoms with Crippen molar-refractivity contribution in [2.45, 2.75) is 25.1 Å². The molecule has 1 amide bonds. The number of piperidine rings is 1. The van der Waals surface area contributed by atoms with Crippen LogP contribution in [-0.4, -0.2) is 47.6 Å². The second-order valence-corrected chi connectivity index (χ2v) is 6.52. The van der Waals surface area contributed by atoms with Gasteiger partial charge in [0.25, 0.3) is 5.91 Å². The highest BCUT2D eigenvalue weighted by Gasteiger charge is 2.35. The largest absolute Gasteiger partial charge is 0.401 e. The third-order valence-corrected chi connectivity index (χ3v) is 4.54. The number of likely N-dealkylation sites (tertiary alicyclic amines) is 1. The molecule has 0 aliphatic carbocycles. The van der Waals surface area contributed by atoms with Crippen LogP contribution >= 0.6 is 0 Å². The van der Waals surface area contributed by atoms with Gasteiger partial charge in [0, 0.05) is 37.2 Å². The molecule has 144 valence electrons. The third-order valence-electron chi connectivity index (χ3n) is 4.54. The molecule has 0 atom stereocenters. The molecule has 0 spiro atoms. The lowest BCUT2D eigenvalue weighted by Gasteiger charge is -2.38. The second-order valence-electron chi connectivity index (χ2n) is 6.52. The molecule has 0 radical (unpaired) electrons. The van der Waals surface area contributed by atoms with Crippen molar-refractivity contribution in [3.63, 3.8) is 0 Å². The summed E-state index contributed by atoms with van der Waals surface area (Å²) in [6.07, 6.45) is -0.538. The summed E-state index contributed by atoms with van der Waals surface area (Å²) in [5.74, 6) is -0.825. The summed E-state index contributed by atoms with van der Waals surface area (Å²) in [5, 5.41) is 0. The molecule has 0 N–H and O–H groups in total. The Balaban J connectivity index is 1.82. The Bertz CT molecular complexity index is 774. The van der Waals surface area contributed by atoms with Crippen molar-refractivity contribution in [1.29, 1.82) is 0 Å². The number of halogens is 4. The zero-order valence-corrected chi connectivity index (χ0v) is 14.5. The number of benzene rings is 1. The van der Waals surface area contributed by atoms with Gasteiger partial charge in [-0.25, -0.2) is 4.39 Å². The van der Waals surface area contributed by atoms with Crippen molar-refractivity contribution in [3.8, 4) is 0 Å². The van der Waals surface area contributed by atoms with E-state index >= 15 is 0 Å². The van der Waals surface area contributed by atoms with E-state index in [1.54, 1.807) is 24.4 Å². The second kappa shape index (κ2) is 8.04.